The van der Waals surface area contributed by atoms with Crippen LogP contribution in [0.15, 0.2) is 69.3 Å². The molecule has 0 aliphatic rings. The molecule has 0 radical (unpaired) electrons. The van der Waals surface area contributed by atoms with Crippen LogP contribution >= 0.6 is 22.6 Å². The summed E-state index contributed by atoms with van der Waals surface area (Å²) in [5.41, 5.74) is 0. The van der Waals surface area contributed by atoms with Crippen LogP contribution in [0.4, 0.5) is 47.3 Å². The highest BCUT2D eigenvalue weighted by molar-refractivity contribution is 8.26. The van der Waals surface area contributed by atoms with Crippen LogP contribution in [0.3, 0.4) is 0 Å². The number of hydrogen-bond acceptors (Lipinski definition) is 1. The second kappa shape index (κ2) is 7.56. The first-order valence-electron chi connectivity index (χ1n) is 7.31. The summed E-state index contributed by atoms with van der Waals surface area (Å²) >= 11 is 0.988. The standard InChI is InChI=1S/C16H9F11S2/c17-13(18,15(21,22)23)14(19,20)16(24,25)29(26,27)12-8-6-11(7-9-12)28-10-4-2-1-3-5-10/h1-9H. The summed E-state index contributed by atoms with van der Waals surface area (Å²) in [5, 5.41) is -6.97. The van der Waals surface area contributed by atoms with Gasteiger partial charge in [0.05, 0.1) is 4.90 Å². The van der Waals surface area contributed by atoms with Gasteiger partial charge in [0.1, 0.15) is 0 Å². The Morgan fingerprint density at radius 1 is 0.586 bits per heavy atom. The maximum Gasteiger partial charge on any atom is 0.460 e. The summed E-state index contributed by atoms with van der Waals surface area (Å²) in [6, 6.07) is 10.4. The van der Waals surface area contributed by atoms with Crippen molar-refractivity contribution in [1.82, 2.24) is 0 Å². The second-order valence-corrected chi connectivity index (χ2v) is 8.59. The van der Waals surface area contributed by atoms with E-state index in [-0.39, 0.29) is 17.0 Å². The molecule has 0 heterocycles. The average molecular weight is 474 g/mol. The van der Waals surface area contributed by atoms with Gasteiger partial charge in [0.2, 0.25) is 0 Å². The van der Waals surface area contributed by atoms with Gasteiger partial charge in [0.25, 0.3) is 0 Å². The van der Waals surface area contributed by atoms with Crippen molar-refractivity contribution in [1.29, 1.82) is 0 Å². The third kappa shape index (κ3) is 4.03. The number of hydrogen-bond donors (Lipinski definition) is 0. The second-order valence-electron chi connectivity index (χ2n) is 5.52. The first kappa shape index (κ1) is 23.6. The maximum absolute atomic E-state index is 14.1. The lowest BCUT2D eigenvalue weighted by Gasteiger charge is -2.39. The number of rotatable bonds is 6. The molecular formula is C16H9F11S2. The first-order valence-corrected chi connectivity index (χ1v) is 9.56. The molecule has 0 fully saturated rings. The minimum absolute atomic E-state index is 0.214. The predicted octanol–water partition coefficient (Wildman–Crippen LogP) is 8.20. The summed E-state index contributed by atoms with van der Waals surface area (Å²) in [5.74, 6) is -14.8. The molecule has 0 spiro atoms. The van der Waals surface area contributed by atoms with Crippen LogP contribution < -0.4 is 0 Å². The Balaban J connectivity index is 2.37. The van der Waals surface area contributed by atoms with E-state index in [1.807, 2.05) is 0 Å². The molecule has 0 N–H and O–H groups in total. The predicted molar refractivity (Wildman–Crippen MR) is 86.0 cm³/mol. The van der Waals surface area contributed by atoms with E-state index in [0.717, 1.165) is 23.9 Å². The summed E-state index contributed by atoms with van der Waals surface area (Å²) in [7, 11) is -7.10. The quantitative estimate of drug-likeness (QED) is 0.381. The van der Waals surface area contributed by atoms with Gasteiger partial charge in [0, 0.05) is 9.79 Å². The van der Waals surface area contributed by atoms with Gasteiger partial charge in [-0.3, -0.25) is 0 Å². The fraction of sp³-hybridized carbons (Fsp3) is 0.250. The molecule has 29 heavy (non-hydrogen) atoms. The summed E-state index contributed by atoms with van der Waals surface area (Å²) in [4.78, 5) is -0.940. The first-order chi connectivity index (χ1) is 13.1. The zero-order valence-electron chi connectivity index (χ0n) is 13.7. The lowest BCUT2D eigenvalue weighted by atomic mass is 10.1. The monoisotopic (exact) mass is 474 g/mol. The minimum Gasteiger partial charge on any atom is -0.191 e. The van der Waals surface area contributed by atoms with Crippen molar-refractivity contribution in [2.75, 3.05) is 0 Å². The van der Waals surface area contributed by atoms with Crippen LogP contribution in [-0.2, 0) is 0 Å². The number of benzene rings is 2. The van der Waals surface area contributed by atoms with Crippen LogP contribution in [0.25, 0.3) is 0 Å². The molecule has 0 aliphatic heterocycles. The minimum atomic E-state index is -7.38. The third-order valence-electron chi connectivity index (χ3n) is 3.54. The topological polar surface area (TPSA) is 0 Å². The van der Waals surface area contributed by atoms with E-state index in [2.05, 4.69) is 0 Å². The van der Waals surface area contributed by atoms with E-state index < -0.39 is 39.0 Å². The molecule has 2 aromatic rings. The highest BCUT2D eigenvalue weighted by Crippen LogP contribution is 2.75. The lowest BCUT2D eigenvalue weighted by molar-refractivity contribution is -0.382. The van der Waals surface area contributed by atoms with Crippen molar-refractivity contribution in [3.8, 4) is 0 Å². The van der Waals surface area contributed by atoms with Crippen molar-refractivity contribution < 1.29 is 47.3 Å². The van der Waals surface area contributed by atoms with E-state index in [1.54, 1.807) is 30.3 Å². The van der Waals surface area contributed by atoms with Gasteiger partial charge >= 0.3 is 23.3 Å². The molecule has 0 bridgehead atoms. The Kier molecular flexibility index (Phi) is 6.17. The van der Waals surface area contributed by atoms with Crippen LogP contribution in [-0.4, -0.2) is 23.3 Å². The Labute approximate surface area is 163 Å². The number of alkyl halides is 9. The molecule has 2 aromatic carbocycles. The van der Waals surface area contributed by atoms with Crippen molar-refractivity contribution in [2.24, 2.45) is 0 Å². The van der Waals surface area contributed by atoms with Gasteiger partial charge in [-0.05, 0) is 36.4 Å². The normalized spacial score (nSPS) is 14.7. The van der Waals surface area contributed by atoms with Gasteiger partial charge in [-0.25, -0.2) is 0 Å². The lowest BCUT2D eigenvalue weighted by Crippen LogP contribution is -2.61. The van der Waals surface area contributed by atoms with Crippen LogP contribution in [0, 0.1) is 0 Å². The Bertz CT molecular complexity index is 830. The highest BCUT2D eigenvalue weighted by Gasteiger charge is 2.86. The molecule has 0 unspecified atom stereocenters. The maximum atomic E-state index is 14.1. The molecule has 0 saturated heterocycles. The van der Waals surface area contributed by atoms with Gasteiger partial charge in [-0.2, -0.15) is 39.5 Å². The van der Waals surface area contributed by atoms with E-state index in [0.29, 0.717) is 4.90 Å². The largest absolute Gasteiger partial charge is 0.460 e. The van der Waals surface area contributed by atoms with Crippen molar-refractivity contribution in [2.45, 2.75) is 38.0 Å². The molecule has 162 valence electrons. The molecule has 0 aromatic heterocycles. The Morgan fingerprint density at radius 3 is 1.48 bits per heavy atom. The van der Waals surface area contributed by atoms with E-state index >= 15 is 0 Å². The zero-order valence-corrected chi connectivity index (χ0v) is 15.3. The van der Waals surface area contributed by atoms with Crippen LogP contribution in [0.1, 0.15) is 0 Å². The molecule has 0 aliphatic carbocycles. The SMILES string of the molecule is FC(F)(F)C(F)(F)C(F)(F)C(F)(F)S(F)(F)c1ccc(Sc2ccccc2)cc1. The molecule has 2 rings (SSSR count). The Hall–Kier alpha value is -1.63. The summed E-state index contributed by atoms with van der Waals surface area (Å²) < 4.78 is 144. The Morgan fingerprint density at radius 2 is 1.03 bits per heavy atom. The van der Waals surface area contributed by atoms with Crippen molar-refractivity contribution in [3.05, 3.63) is 54.6 Å². The molecule has 0 nitrogen and oxygen atoms in total. The summed E-state index contributed by atoms with van der Waals surface area (Å²) in [6.45, 7) is 0. The van der Waals surface area contributed by atoms with Crippen LogP contribution in [0.2, 0.25) is 0 Å². The molecule has 0 amide bonds. The van der Waals surface area contributed by atoms with Gasteiger partial charge in [-0.1, -0.05) is 30.0 Å². The molecule has 0 saturated carbocycles. The smallest absolute Gasteiger partial charge is 0.191 e. The average Bonchev–Trinajstić information content (AvgIpc) is 2.61. The molecule has 13 heteroatoms. The highest BCUT2D eigenvalue weighted by atomic mass is 32.3. The van der Waals surface area contributed by atoms with Crippen molar-refractivity contribution in [3.63, 3.8) is 0 Å². The fourth-order valence-corrected chi connectivity index (χ4v) is 4.03. The van der Waals surface area contributed by atoms with Gasteiger partial charge in [-0.15, -0.1) is 7.77 Å². The van der Waals surface area contributed by atoms with Crippen molar-refractivity contribution >= 4 is 22.6 Å². The van der Waals surface area contributed by atoms with Gasteiger partial charge in [0.15, 0.2) is 10.8 Å². The van der Waals surface area contributed by atoms with E-state index in [1.165, 1.54) is 0 Å². The zero-order chi connectivity index (χ0) is 22.3. The van der Waals surface area contributed by atoms with Crippen LogP contribution in [0.5, 0.6) is 0 Å². The summed E-state index contributed by atoms with van der Waals surface area (Å²) in [6.07, 6.45) is -7.16. The fourth-order valence-electron chi connectivity index (χ4n) is 1.97. The number of halogens is 11. The molecular weight excluding hydrogens is 465 g/mol. The van der Waals surface area contributed by atoms with Gasteiger partial charge < -0.3 is 0 Å². The molecule has 0 atom stereocenters. The van der Waals surface area contributed by atoms with E-state index in [4.69, 9.17) is 0 Å². The third-order valence-corrected chi connectivity index (χ3v) is 6.32. The van der Waals surface area contributed by atoms with E-state index in [9.17, 15) is 47.3 Å².